The van der Waals surface area contributed by atoms with Crippen molar-refractivity contribution in [2.45, 2.75) is 0 Å². The van der Waals surface area contributed by atoms with Crippen molar-refractivity contribution in [3.8, 4) is 0 Å². The van der Waals surface area contributed by atoms with Gasteiger partial charge in [-0.25, -0.2) is 9.59 Å². The van der Waals surface area contributed by atoms with E-state index in [1.165, 1.54) is 7.11 Å². The third-order valence-corrected chi connectivity index (χ3v) is 1.74. The zero-order valence-corrected chi connectivity index (χ0v) is 8.09. The second-order valence-corrected chi connectivity index (χ2v) is 2.61. The van der Waals surface area contributed by atoms with Gasteiger partial charge in [0.15, 0.2) is 0 Å². The Labute approximate surface area is 84.4 Å². The number of carboxylic acids is 1. The Morgan fingerprint density at radius 3 is 2.23 bits per heavy atom. The zero-order chi connectivity index (χ0) is 10.4. The first-order valence-electron chi connectivity index (χ1n) is 3.03. The van der Waals surface area contributed by atoms with Gasteiger partial charge in [0.1, 0.15) is 5.03 Å². The molecule has 0 aliphatic carbocycles. The van der Waals surface area contributed by atoms with Crippen LogP contribution >= 0.6 is 23.2 Å². The summed E-state index contributed by atoms with van der Waals surface area (Å²) < 4.78 is 4.24. The molecule has 0 fully saturated rings. The van der Waals surface area contributed by atoms with Gasteiger partial charge in [-0.1, -0.05) is 23.2 Å². The predicted molar refractivity (Wildman–Crippen MR) is 47.5 cm³/mol. The molecule has 0 heterocycles. The minimum absolute atomic E-state index is 0.237. The smallest absolute Gasteiger partial charge is 0.348 e. The fraction of sp³-hybridized carbons (Fsp3) is 0.143. The molecule has 13 heavy (non-hydrogen) atoms. The average molecular weight is 225 g/mol. The molecule has 0 amide bonds. The Morgan fingerprint density at radius 1 is 1.31 bits per heavy atom. The van der Waals surface area contributed by atoms with Crippen LogP contribution < -0.4 is 0 Å². The van der Waals surface area contributed by atoms with E-state index in [-0.39, 0.29) is 5.03 Å². The standard InChI is InChI=1S/C7H6Cl2O4/c1-13-5(10)3-2-4(8)6(9)7(11)12/h2-3H,1H3,(H,11,12)/b3-2+,6-4-. The van der Waals surface area contributed by atoms with Crippen LogP contribution in [0.2, 0.25) is 0 Å². The van der Waals surface area contributed by atoms with E-state index in [1.54, 1.807) is 0 Å². The first-order chi connectivity index (χ1) is 5.99. The molecule has 0 saturated heterocycles. The lowest BCUT2D eigenvalue weighted by atomic mass is 10.4. The molecule has 0 aliphatic heterocycles. The van der Waals surface area contributed by atoms with Crippen LogP contribution in [0.25, 0.3) is 0 Å². The van der Waals surface area contributed by atoms with Gasteiger partial charge >= 0.3 is 11.9 Å². The molecule has 0 aliphatic rings. The van der Waals surface area contributed by atoms with Gasteiger partial charge in [0, 0.05) is 6.08 Å². The van der Waals surface area contributed by atoms with Crippen molar-refractivity contribution in [1.82, 2.24) is 0 Å². The number of hydrogen-bond donors (Lipinski definition) is 1. The summed E-state index contributed by atoms with van der Waals surface area (Å²) in [7, 11) is 1.18. The number of carboxylic acid groups (broad SMARTS) is 1. The Kier molecular flexibility index (Phi) is 5.18. The van der Waals surface area contributed by atoms with E-state index in [2.05, 4.69) is 4.74 Å². The molecule has 0 aromatic carbocycles. The zero-order valence-electron chi connectivity index (χ0n) is 6.58. The number of halogens is 2. The van der Waals surface area contributed by atoms with Gasteiger partial charge in [0.2, 0.25) is 0 Å². The molecule has 72 valence electrons. The molecule has 0 atom stereocenters. The lowest BCUT2D eigenvalue weighted by Crippen LogP contribution is -1.96. The number of hydrogen-bond acceptors (Lipinski definition) is 3. The van der Waals surface area contributed by atoms with Crippen molar-refractivity contribution in [3.05, 3.63) is 22.2 Å². The average Bonchev–Trinajstić information content (AvgIpc) is 2.11. The van der Waals surface area contributed by atoms with Crippen LogP contribution in [0.4, 0.5) is 0 Å². The maximum atomic E-state index is 10.5. The van der Waals surface area contributed by atoms with E-state index < -0.39 is 17.0 Å². The van der Waals surface area contributed by atoms with E-state index in [4.69, 9.17) is 28.3 Å². The molecule has 0 rings (SSSR count). The number of rotatable bonds is 3. The van der Waals surface area contributed by atoms with Crippen molar-refractivity contribution in [2.24, 2.45) is 0 Å². The molecular weight excluding hydrogens is 219 g/mol. The van der Waals surface area contributed by atoms with E-state index in [0.717, 1.165) is 12.2 Å². The predicted octanol–water partition coefficient (Wildman–Crippen LogP) is 1.49. The van der Waals surface area contributed by atoms with Gasteiger partial charge in [-0.2, -0.15) is 0 Å². The monoisotopic (exact) mass is 224 g/mol. The van der Waals surface area contributed by atoms with Gasteiger partial charge in [-0.3, -0.25) is 0 Å². The first kappa shape index (κ1) is 12.0. The second kappa shape index (κ2) is 5.61. The van der Waals surface area contributed by atoms with Crippen LogP contribution in [-0.4, -0.2) is 24.2 Å². The van der Waals surface area contributed by atoms with Gasteiger partial charge in [0.05, 0.1) is 12.1 Å². The second-order valence-electron chi connectivity index (χ2n) is 1.82. The van der Waals surface area contributed by atoms with Gasteiger partial charge < -0.3 is 9.84 Å². The SMILES string of the molecule is COC(=O)/C=C/C(Cl)=C(/Cl)C(=O)O. The summed E-state index contributed by atoms with van der Waals surface area (Å²) in [6, 6.07) is 0. The highest BCUT2D eigenvalue weighted by Gasteiger charge is 2.07. The topological polar surface area (TPSA) is 63.6 Å². The van der Waals surface area contributed by atoms with Crippen molar-refractivity contribution in [2.75, 3.05) is 7.11 Å². The van der Waals surface area contributed by atoms with Crippen molar-refractivity contribution < 1.29 is 19.4 Å². The Bertz CT molecular complexity index is 280. The summed E-state index contributed by atoms with van der Waals surface area (Å²) in [6.07, 6.45) is 2.01. The van der Waals surface area contributed by atoms with E-state index >= 15 is 0 Å². The summed E-state index contributed by atoms with van der Waals surface area (Å²) >= 11 is 10.6. The molecule has 1 N–H and O–H groups in total. The summed E-state index contributed by atoms with van der Waals surface area (Å²) in [5.41, 5.74) is 0. The molecular formula is C7H6Cl2O4. The Balaban J connectivity index is 4.54. The highest BCUT2D eigenvalue weighted by molar-refractivity contribution is 6.47. The fourth-order valence-electron chi connectivity index (χ4n) is 0.385. The lowest BCUT2D eigenvalue weighted by molar-refractivity contribution is -0.135. The number of carbonyl (C=O) groups is 2. The molecule has 4 nitrogen and oxygen atoms in total. The van der Waals surface area contributed by atoms with E-state index in [0.29, 0.717) is 0 Å². The molecule has 0 spiro atoms. The van der Waals surface area contributed by atoms with Crippen LogP contribution in [0, 0.1) is 0 Å². The molecule has 0 aromatic heterocycles. The molecule has 0 unspecified atom stereocenters. The number of ether oxygens (including phenoxy) is 1. The fourth-order valence-corrected chi connectivity index (χ4v) is 0.591. The third kappa shape index (κ3) is 4.55. The van der Waals surface area contributed by atoms with Crippen LogP contribution in [-0.2, 0) is 14.3 Å². The summed E-state index contributed by atoms with van der Waals surface area (Å²) in [5.74, 6) is -2.01. The number of methoxy groups -OCH3 is 1. The van der Waals surface area contributed by atoms with Gasteiger partial charge in [-0.15, -0.1) is 0 Å². The molecule has 6 heteroatoms. The molecule has 0 saturated carbocycles. The maximum absolute atomic E-state index is 10.5. The van der Waals surface area contributed by atoms with E-state index in [9.17, 15) is 9.59 Å². The number of aliphatic carboxylic acids is 1. The van der Waals surface area contributed by atoms with Crippen molar-refractivity contribution >= 4 is 35.1 Å². The number of allylic oxidation sites excluding steroid dienone is 2. The summed E-state index contributed by atoms with van der Waals surface area (Å²) in [5, 5.41) is 7.56. The highest BCUT2D eigenvalue weighted by Crippen LogP contribution is 2.15. The van der Waals surface area contributed by atoms with Crippen LogP contribution in [0.3, 0.4) is 0 Å². The normalized spacial score (nSPS) is 12.5. The summed E-state index contributed by atoms with van der Waals surface area (Å²) in [6.45, 7) is 0. The molecule has 0 bridgehead atoms. The largest absolute Gasteiger partial charge is 0.477 e. The quantitative estimate of drug-likeness (QED) is 0.449. The molecule has 0 radical (unpaired) electrons. The first-order valence-corrected chi connectivity index (χ1v) is 3.79. The van der Waals surface area contributed by atoms with Crippen LogP contribution in [0.1, 0.15) is 0 Å². The minimum Gasteiger partial charge on any atom is -0.477 e. The number of esters is 1. The van der Waals surface area contributed by atoms with Gasteiger partial charge in [-0.05, 0) is 6.08 Å². The lowest BCUT2D eigenvalue weighted by Gasteiger charge is -1.92. The molecule has 0 aromatic rings. The van der Waals surface area contributed by atoms with Crippen molar-refractivity contribution in [3.63, 3.8) is 0 Å². The Morgan fingerprint density at radius 2 is 1.85 bits per heavy atom. The highest BCUT2D eigenvalue weighted by atomic mass is 35.5. The van der Waals surface area contributed by atoms with Crippen LogP contribution in [0.5, 0.6) is 0 Å². The number of carbonyl (C=O) groups excluding carboxylic acids is 1. The van der Waals surface area contributed by atoms with Crippen molar-refractivity contribution in [1.29, 1.82) is 0 Å². The maximum Gasteiger partial charge on any atom is 0.348 e. The summed E-state index contributed by atoms with van der Waals surface area (Å²) in [4.78, 5) is 20.8. The van der Waals surface area contributed by atoms with Gasteiger partial charge in [0.25, 0.3) is 0 Å². The third-order valence-electron chi connectivity index (χ3n) is 0.964. The van der Waals surface area contributed by atoms with Crippen LogP contribution in [0.15, 0.2) is 22.2 Å². The minimum atomic E-state index is -1.36. The van der Waals surface area contributed by atoms with E-state index in [1.807, 2.05) is 0 Å². The Hall–Kier alpha value is -1.00.